The standard InChI is InChI=1S/C41H28N4/c1-2-13-27(14-3-1)43-34-21-10-6-17-30(34)40-36(43)25-26-37-41(40)31-18-7-11-22-35(31)45(37)39-24-12-23-38(42-39)44-32-19-8-4-15-28(32)29-16-5-9-20-33(29)44/h1-26,28,32H. The van der Waals surface area contributed by atoms with Crippen molar-refractivity contribution in [2.75, 3.05) is 4.90 Å². The number of rotatable bonds is 3. The van der Waals surface area contributed by atoms with Gasteiger partial charge in [-0.25, -0.2) is 4.98 Å². The Morgan fingerprint density at radius 2 is 1.09 bits per heavy atom. The molecule has 0 radical (unpaired) electrons. The lowest BCUT2D eigenvalue weighted by Crippen LogP contribution is -2.29. The summed E-state index contributed by atoms with van der Waals surface area (Å²) in [5.41, 5.74) is 8.47. The van der Waals surface area contributed by atoms with E-state index < -0.39 is 0 Å². The lowest BCUT2D eigenvalue weighted by molar-refractivity contribution is 0.737. The van der Waals surface area contributed by atoms with Crippen molar-refractivity contribution in [2.45, 2.75) is 12.0 Å². The molecule has 8 aromatic rings. The quantitative estimate of drug-likeness (QED) is 0.209. The van der Waals surface area contributed by atoms with Crippen LogP contribution in [0, 0.1) is 0 Å². The van der Waals surface area contributed by atoms with Crippen LogP contribution in [0.25, 0.3) is 55.1 Å². The number of aromatic nitrogens is 3. The van der Waals surface area contributed by atoms with Crippen LogP contribution < -0.4 is 4.90 Å². The summed E-state index contributed by atoms with van der Waals surface area (Å²) in [7, 11) is 0. The van der Waals surface area contributed by atoms with Crippen molar-refractivity contribution >= 4 is 55.1 Å². The number of fused-ring (bicyclic) bond motifs is 10. The topological polar surface area (TPSA) is 26.0 Å². The van der Waals surface area contributed by atoms with E-state index in [0.29, 0.717) is 5.92 Å². The maximum absolute atomic E-state index is 5.41. The molecule has 5 aromatic carbocycles. The molecule has 4 heteroatoms. The lowest BCUT2D eigenvalue weighted by Gasteiger charge is -2.28. The highest BCUT2D eigenvalue weighted by molar-refractivity contribution is 6.28. The molecular weight excluding hydrogens is 548 g/mol. The van der Waals surface area contributed by atoms with Gasteiger partial charge in [0.1, 0.15) is 11.6 Å². The largest absolute Gasteiger partial charge is 0.318 e. The summed E-state index contributed by atoms with van der Waals surface area (Å²) in [5, 5.41) is 5.01. The first-order valence-corrected chi connectivity index (χ1v) is 15.6. The van der Waals surface area contributed by atoms with Crippen LogP contribution >= 0.6 is 0 Å². The van der Waals surface area contributed by atoms with Crippen molar-refractivity contribution in [3.8, 4) is 11.5 Å². The monoisotopic (exact) mass is 576 g/mol. The van der Waals surface area contributed by atoms with Gasteiger partial charge in [0.15, 0.2) is 0 Å². The van der Waals surface area contributed by atoms with Crippen LogP contribution in [0.4, 0.5) is 11.5 Å². The predicted molar refractivity (Wildman–Crippen MR) is 186 cm³/mol. The molecule has 0 fully saturated rings. The molecule has 1 aliphatic heterocycles. The molecule has 3 aromatic heterocycles. The molecule has 0 N–H and O–H groups in total. The molecule has 0 spiro atoms. The number of para-hydroxylation sites is 4. The molecule has 4 nitrogen and oxygen atoms in total. The van der Waals surface area contributed by atoms with Gasteiger partial charge in [0.25, 0.3) is 0 Å². The Kier molecular flexibility index (Phi) is 5.08. The Bertz CT molecular complexity index is 2510. The maximum Gasteiger partial charge on any atom is 0.140 e. The van der Waals surface area contributed by atoms with Gasteiger partial charge in [0.05, 0.1) is 28.1 Å². The van der Waals surface area contributed by atoms with Crippen LogP contribution in [0.15, 0.2) is 158 Å². The molecule has 0 saturated carbocycles. The summed E-state index contributed by atoms with van der Waals surface area (Å²) in [5.74, 6) is 2.20. The van der Waals surface area contributed by atoms with Gasteiger partial charge in [0.2, 0.25) is 0 Å². The Morgan fingerprint density at radius 3 is 1.89 bits per heavy atom. The summed E-state index contributed by atoms with van der Waals surface area (Å²) in [6.45, 7) is 0. The van der Waals surface area contributed by atoms with E-state index >= 15 is 0 Å². The van der Waals surface area contributed by atoms with Crippen LogP contribution in [0.3, 0.4) is 0 Å². The highest BCUT2D eigenvalue weighted by Gasteiger charge is 2.37. The first-order chi connectivity index (χ1) is 22.4. The average Bonchev–Trinajstić information content (AvgIpc) is 3.74. The van der Waals surface area contributed by atoms with Crippen molar-refractivity contribution in [1.82, 2.24) is 14.1 Å². The number of benzene rings is 5. The van der Waals surface area contributed by atoms with Gasteiger partial charge in [0, 0.05) is 38.8 Å². The molecule has 4 heterocycles. The minimum Gasteiger partial charge on any atom is -0.318 e. The second kappa shape index (κ2) is 9.31. The first kappa shape index (κ1) is 24.6. The molecule has 0 bridgehead atoms. The third kappa shape index (κ3) is 3.39. The second-order valence-corrected chi connectivity index (χ2v) is 12.0. The lowest BCUT2D eigenvalue weighted by atomic mass is 9.91. The van der Waals surface area contributed by atoms with Gasteiger partial charge in [-0.15, -0.1) is 0 Å². The molecule has 1 aliphatic carbocycles. The Balaban J connectivity index is 1.25. The first-order valence-electron chi connectivity index (χ1n) is 15.6. The number of pyridine rings is 1. The second-order valence-electron chi connectivity index (χ2n) is 12.0. The van der Waals surface area contributed by atoms with E-state index in [4.69, 9.17) is 4.98 Å². The molecule has 2 aliphatic rings. The van der Waals surface area contributed by atoms with E-state index in [9.17, 15) is 0 Å². The third-order valence-corrected chi connectivity index (χ3v) is 9.64. The number of hydrogen-bond acceptors (Lipinski definition) is 2. The van der Waals surface area contributed by atoms with Crippen molar-refractivity contribution in [3.63, 3.8) is 0 Å². The fourth-order valence-corrected chi connectivity index (χ4v) is 7.85. The van der Waals surface area contributed by atoms with E-state index in [0.717, 1.165) is 28.4 Å². The molecular formula is C41H28N4. The fraction of sp³-hybridized carbons (Fsp3) is 0.0488. The molecule has 45 heavy (non-hydrogen) atoms. The van der Waals surface area contributed by atoms with Gasteiger partial charge in [-0.1, -0.05) is 103 Å². The summed E-state index contributed by atoms with van der Waals surface area (Å²) >= 11 is 0. The van der Waals surface area contributed by atoms with Crippen LogP contribution in [-0.2, 0) is 0 Å². The zero-order chi connectivity index (χ0) is 29.5. The molecule has 2 unspecified atom stereocenters. The molecule has 212 valence electrons. The van der Waals surface area contributed by atoms with Gasteiger partial charge in [-0.05, 0) is 60.2 Å². The summed E-state index contributed by atoms with van der Waals surface area (Å²) < 4.78 is 4.74. The van der Waals surface area contributed by atoms with E-state index in [2.05, 4.69) is 172 Å². The van der Waals surface area contributed by atoms with Crippen molar-refractivity contribution < 1.29 is 0 Å². The van der Waals surface area contributed by atoms with Gasteiger partial charge in [-0.2, -0.15) is 0 Å². The highest BCUT2D eigenvalue weighted by Crippen LogP contribution is 2.47. The van der Waals surface area contributed by atoms with Gasteiger partial charge < -0.3 is 9.47 Å². The van der Waals surface area contributed by atoms with Crippen molar-refractivity contribution in [1.29, 1.82) is 0 Å². The molecule has 2 atom stereocenters. The van der Waals surface area contributed by atoms with Crippen LogP contribution in [-0.4, -0.2) is 20.2 Å². The number of allylic oxidation sites excluding steroid dienone is 2. The fourth-order valence-electron chi connectivity index (χ4n) is 7.85. The maximum atomic E-state index is 5.41. The minimum atomic E-state index is 0.206. The van der Waals surface area contributed by atoms with Crippen molar-refractivity contribution in [2.24, 2.45) is 0 Å². The van der Waals surface area contributed by atoms with E-state index in [-0.39, 0.29) is 6.04 Å². The van der Waals surface area contributed by atoms with Crippen LogP contribution in [0.1, 0.15) is 11.5 Å². The predicted octanol–water partition coefficient (Wildman–Crippen LogP) is 10.0. The smallest absolute Gasteiger partial charge is 0.140 e. The molecule has 0 saturated heterocycles. The van der Waals surface area contributed by atoms with Gasteiger partial charge in [-0.3, -0.25) is 4.57 Å². The summed E-state index contributed by atoms with van der Waals surface area (Å²) in [6.07, 6.45) is 8.95. The zero-order valence-corrected chi connectivity index (χ0v) is 24.5. The highest BCUT2D eigenvalue weighted by atomic mass is 15.3. The summed E-state index contributed by atoms with van der Waals surface area (Å²) in [4.78, 5) is 7.81. The molecule has 10 rings (SSSR count). The van der Waals surface area contributed by atoms with Crippen LogP contribution in [0.5, 0.6) is 0 Å². The normalized spacial score (nSPS) is 17.1. The van der Waals surface area contributed by atoms with Crippen LogP contribution in [0.2, 0.25) is 0 Å². The van der Waals surface area contributed by atoms with E-state index in [1.165, 1.54) is 43.8 Å². The number of hydrogen-bond donors (Lipinski definition) is 0. The van der Waals surface area contributed by atoms with E-state index in [1.54, 1.807) is 0 Å². The zero-order valence-electron chi connectivity index (χ0n) is 24.5. The summed E-state index contributed by atoms with van der Waals surface area (Å²) in [6, 6.07) is 48.2. The minimum absolute atomic E-state index is 0.206. The Labute approximate surface area is 260 Å². The van der Waals surface area contributed by atoms with Gasteiger partial charge >= 0.3 is 0 Å². The number of nitrogens with zero attached hydrogens (tertiary/aromatic N) is 4. The third-order valence-electron chi connectivity index (χ3n) is 9.64. The number of anilines is 2. The van der Waals surface area contributed by atoms with E-state index in [1.807, 2.05) is 0 Å². The average molecular weight is 577 g/mol. The van der Waals surface area contributed by atoms with Crippen molar-refractivity contribution in [3.05, 3.63) is 163 Å². The molecule has 0 amide bonds. The Morgan fingerprint density at radius 1 is 0.467 bits per heavy atom. The SMILES string of the molecule is C1=CC2c3ccccc3N(c3cccc(-n4c5ccccc5c5c6c7ccccc7n(-c7ccccc7)c6ccc54)n3)C2C=C1. The Hall–Kier alpha value is -5.87.